The Balaban J connectivity index is 1.79. The predicted molar refractivity (Wildman–Crippen MR) is 78.1 cm³/mol. The number of benzene rings is 2. The Hall–Kier alpha value is -2.62. The number of carbonyl (C=O) groups excluding carboxylic acids is 1. The van der Waals surface area contributed by atoms with Crippen LogP contribution >= 0.6 is 0 Å². The highest BCUT2D eigenvalue weighted by Crippen LogP contribution is 2.35. The molecule has 4 rings (SSSR count). The number of anilines is 1. The van der Waals surface area contributed by atoms with Gasteiger partial charge in [0.2, 0.25) is 11.9 Å². The van der Waals surface area contributed by atoms with Crippen molar-refractivity contribution < 1.29 is 4.79 Å². The molecule has 4 nitrogen and oxygen atoms in total. The average Bonchev–Trinajstić information content (AvgIpc) is 2.99. The lowest BCUT2D eigenvalue weighted by molar-refractivity contribution is -0.119. The lowest BCUT2D eigenvalue weighted by atomic mass is 10.1. The summed E-state index contributed by atoms with van der Waals surface area (Å²) >= 11 is 0. The van der Waals surface area contributed by atoms with Crippen molar-refractivity contribution in [2.24, 2.45) is 4.99 Å². The van der Waals surface area contributed by atoms with E-state index in [1.807, 2.05) is 53.4 Å². The number of para-hydroxylation sites is 2. The molecule has 1 atom stereocenters. The summed E-state index contributed by atoms with van der Waals surface area (Å²) in [7, 11) is 0. The summed E-state index contributed by atoms with van der Waals surface area (Å²) in [6.07, 6.45) is 0.746. The van der Waals surface area contributed by atoms with Crippen molar-refractivity contribution in [3.63, 3.8) is 0 Å². The number of amides is 1. The number of nitrogens with one attached hydrogen (secondary N) is 1. The summed E-state index contributed by atoms with van der Waals surface area (Å²) < 4.78 is 0. The molecular formula is C16H13N3O. The Bertz CT molecular complexity index is 709. The third-order valence-corrected chi connectivity index (χ3v) is 3.73. The van der Waals surface area contributed by atoms with Gasteiger partial charge in [-0.1, -0.05) is 36.4 Å². The Morgan fingerprint density at radius 2 is 1.80 bits per heavy atom. The minimum atomic E-state index is -0.158. The summed E-state index contributed by atoms with van der Waals surface area (Å²) in [4.78, 5) is 18.7. The topological polar surface area (TPSA) is 44.7 Å². The maximum atomic E-state index is 12.1. The molecule has 1 saturated heterocycles. The van der Waals surface area contributed by atoms with E-state index >= 15 is 0 Å². The van der Waals surface area contributed by atoms with Crippen molar-refractivity contribution in [3.8, 4) is 0 Å². The van der Waals surface area contributed by atoms with Gasteiger partial charge in [-0.15, -0.1) is 0 Å². The fourth-order valence-electron chi connectivity index (χ4n) is 2.82. The normalized spacial score (nSPS) is 21.8. The van der Waals surface area contributed by atoms with Crippen molar-refractivity contribution in [3.05, 3.63) is 60.2 Å². The van der Waals surface area contributed by atoms with E-state index in [0.29, 0.717) is 5.96 Å². The average molecular weight is 263 g/mol. The van der Waals surface area contributed by atoms with Crippen LogP contribution in [-0.4, -0.2) is 17.9 Å². The SMILES string of the molecule is O=C1NC(=Nc2ccccc2)N2c3ccccc3CC12. The van der Waals surface area contributed by atoms with Gasteiger partial charge in [0.05, 0.1) is 5.69 Å². The molecule has 0 aromatic heterocycles. The Morgan fingerprint density at radius 1 is 1.05 bits per heavy atom. The zero-order valence-corrected chi connectivity index (χ0v) is 10.8. The van der Waals surface area contributed by atoms with Crippen molar-refractivity contribution in [2.45, 2.75) is 12.5 Å². The molecule has 0 radical (unpaired) electrons. The van der Waals surface area contributed by atoms with E-state index in [1.54, 1.807) is 0 Å². The molecule has 2 aliphatic heterocycles. The molecule has 2 aromatic rings. The van der Waals surface area contributed by atoms with Crippen LogP contribution in [0.25, 0.3) is 0 Å². The monoisotopic (exact) mass is 263 g/mol. The molecule has 0 spiro atoms. The van der Waals surface area contributed by atoms with Gasteiger partial charge in [-0.3, -0.25) is 15.0 Å². The summed E-state index contributed by atoms with van der Waals surface area (Å²) in [6, 6.07) is 17.6. The van der Waals surface area contributed by atoms with E-state index in [1.165, 1.54) is 5.56 Å². The molecule has 2 heterocycles. The summed E-state index contributed by atoms with van der Waals surface area (Å²) in [6.45, 7) is 0. The second-order valence-corrected chi connectivity index (χ2v) is 4.98. The number of guanidine groups is 1. The van der Waals surface area contributed by atoms with Gasteiger partial charge in [0.25, 0.3) is 0 Å². The number of rotatable bonds is 1. The first-order chi connectivity index (χ1) is 9.83. The van der Waals surface area contributed by atoms with E-state index in [0.717, 1.165) is 17.8 Å². The molecule has 1 amide bonds. The number of nitrogens with zero attached hydrogens (tertiary/aromatic N) is 2. The van der Waals surface area contributed by atoms with Crippen LogP contribution in [0.5, 0.6) is 0 Å². The second kappa shape index (κ2) is 4.20. The van der Waals surface area contributed by atoms with E-state index in [-0.39, 0.29) is 11.9 Å². The van der Waals surface area contributed by atoms with Crippen LogP contribution in [0.15, 0.2) is 59.6 Å². The fourth-order valence-corrected chi connectivity index (χ4v) is 2.82. The maximum Gasteiger partial charge on any atom is 0.250 e. The zero-order chi connectivity index (χ0) is 13.5. The molecule has 2 aliphatic rings. The molecule has 1 N–H and O–H groups in total. The molecule has 0 aliphatic carbocycles. The number of hydrogen-bond acceptors (Lipinski definition) is 2. The highest BCUT2D eigenvalue weighted by atomic mass is 16.2. The molecule has 1 unspecified atom stereocenters. The number of aliphatic imine (C=N–C) groups is 1. The molecule has 0 bridgehead atoms. The summed E-state index contributed by atoms with van der Waals surface area (Å²) in [5, 5.41) is 2.88. The van der Waals surface area contributed by atoms with Crippen LogP contribution in [0.2, 0.25) is 0 Å². The van der Waals surface area contributed by atoms with E-state index in [4.69, 9.17) is 0 Å². The lowest BCUT2D eigenvalue weighted by Gasteiger charge is -2.16. The molecule has 20 heavy (non-hydrogen) atoms. The lowest BCUT2D eigenvalue weighted by Crippen LogP contribution is -2.32. The van der Waals surface area contributed by atoms with Gasteiger partial charge in [-0.25, -0.2) is 4.99 Å². The first kappa shape index (κ1) is 11.2. The maximum absolute atomic E-state index is 12.1. The van der Waals surface area contributed by atoms with Crippen LogP contribution in [0.4, 0.5) is 11.4 Å². The van der Waals surface area contributed by atoms with Crippen molar-refractivity contribution in [1.82, 2.24) is 5.32 Å². The van der Waals surface area contributed by atoms with Crippen LogP contribution in [0.1, 0.15) is 5.56 Å². The molecule has 98 valence electrons. The fraction of sp³-hybridized carbons (Fsp3) is 0.125. The van der Waals surface area contributed by atoms with Crippen LogP contribution < -0.4 is 10.2 Å². The van der Waals surface area contributed by atoms with Crippen molar-refractivity contribution in [1.29, 1.82) is 0 Å². The first-order valence-corrected chi connectivity index (χ1v) is 6.65. The number of fused-ring (bicyclic) bond motifs is 3. The molecular weight excluding hydrogens is 250 g/mol. The Morgan fingerprint density at radius 3 is 2.65 bits per heavy atom. The van der Waals surface area contributed by atoms with E-state index in [9.17, 15) is 4.79 Å². The van der Waals surface area contributed by atoms with Crippen LogP contribution in [0, 0.1) is 0 Å². The third-order valence-electron chi connectivity index (χ3n) is 3.73. The van der Waals surface area contributed by atoms with Gasteiger partial charge in [0.15, 0.2) is 0 Å². The highest BCUT2D eigenvalue weighted by molar-refractivity contribution is 6.18. The van der Waals surface area contributed by atoms with Crippen molar-refractivity contribution >= 4 is 23.2 Å². The standard InChI is InChI=1S/C16H13N3O/c20-15-14-10-11-6-4-5-9-13(11)19(14)16(18-15)17-12-7-2-1-3-8-12/h1-9,14H,10H2,(H,17,18,20). The summed E-state index contributed by atoms with van der Waals surface area (Å²) in [5.41, 5.74) is 3.12. The van der Waals surface area contributed by atoms with E-state index in [2.05, 4.69) is 16.4 Å². The quantitative estimate of drug-likeness (QED) is 0.857. The summed E-state index contributed by atoms with van der Waals surface area (Å²) in [5.74, 6) is 0.645. The van der Waals surface area contributed by atoms with Gasteiger partial charge >= 0.3 is 0 Å². The minimum Gasteiger partial charge on any atom is -0.299 e. The minimum absolute atomic E-state index is 0.0240. The van der Waals surface area contributed by atoms with Crippen LogP contribution in [-0.2, 0) is 11.2 Å². The second-order valence-electron chi connectivity index (χ2n) is 4.98. The first-order valence-electron chi connectivity index (χ1n) is 6.65. The molecule has 1 fully saturated rings. The van der Waals surface area contributed by atoms with Gasteiger partial charge < -0.3 is 0 Å². The highest BCUT2D eigenvalue weighted by Gasteiger charge is 2.43. The Labute approximate surface area is 116 Å². The number of carbonyl (C=O) groups is 1. The van der Waals surface area contributed by atoms with Crippen molar-refractivity contribution in [2.75, 3.05) is 4.90 Å². The van der Waals surface area contributed by atoms with E-state index < -0.39 is 0 Å². The van der Waals surface area contributed by atoms with Gasteiger partial charge in [-0.05, 0) is 23.8 Å². The number of hydrogen-bond donors (Lipinski definition) is 1. The smallest absolute Gasteiger partial charge is 0.250 e. The zero-order valence-electron chi connectivity index (χ0n) is 10.8. The van der Waals surface area contributed by atoms with Gasteiger partial charge in [0, 0.05) is 12.1 Å². The largest absolute Gasteiger partial charge is 0.299 e. The predicted octanol–water partition coefficient (Wildman–Crippen LogP) is 2.24. The van der Waals surface area contributed by atoms with Gasteiger partial charge in [0.1, 0.15) is 6.04 Å². The molecule has 0 saturated carbocycles. The van der Waals surface area contributed by atoms with Crippen LogP contribution in [0.3, 0.4) is 0 Å². The molecule has 2 aromatic carbocycles. The third kappa shape index (κ3) is 1.61. The van der Waals surface area contributed by atoms with Gasteiger partial charge in [-0.2, -0.15) is 0 Å². The Kier molecular flexibility index (Phi) is 2.36. The molecule has 4 heteroatoms.